The molecular weight excluding hydrogens is 388 g/mol. The molecule has 3 aromatic heterocycles. The van der Waals surface area contributed by atoms with Crippen LogP contribution in [0.15, 0.2) is 18.7 Å². The summed E-state index contributed by atoms with van der Waals surface area (Å²) in [5, 5.41) is 14.7. The monoisotopic (exact) mass is 414 g/mol. The first-order valence-electron chi connectivity index (χ1n) is 9.67. The van der Waals surface area contributed by atoms with Crippen molar-refractivity contribution in [3.63, 3.8) is 0 Å². The normalized spacial score (nSPS) is 14.0. The number of aryl methyl sites for hydroxylation is 1. The minimum atomic E-state index is -1.12. The molecule has 4 rings (SSSR count). The van der Waals surface area contributed by atoms with Crippen LogP contribution in [-0.4, -0.2) is 55.1 Å². The van der Waals surface area contributed by atoms with Crippen molar-refractivity contribution in [2.45, 2.75) is 52.4 Å². The molecule has 0 radical (unpaired) electrons. The zero-order chi connectivity index (χ0) is 20.8. The van der Waals surface area contributed by atoms with Crippen LogP contribution >= 0.6 is 0 Å². The third kappa shape index (κ3) is 3.90. The second-order valence-corrected chi connectivity index (χ2v) is 14.3. The van der Waals surface area contributed by atoms with Crippen molar-refractivity contribution in [3.8, 4) is 5.82 Å². The molecule has 0 aromatic carbocycles. The number of ether oxygens (including phenoxy) is 1. The van der Waals surface area contributed by atoms with E-state index in [9.17, 15) is 4.79 Å². The molecular formula is C19H26N6O3Si. The maximum absolute atomic E-state index is 11.2. The van der Waals surface area contributed by atoms with Crippen LogP contribution in [0.1, 0.15) is 16.8 Å². The Hall–Kier alpha value is -2.72. The van der Waals surface area contributed by atoms with E-state index in [2.05, 4.69) is 34.7 Å². The van der Waals surface area contributed by atoms with Gasteiger partial charge in [-0.05, 0) is 18.5 Å². The highest BCUT2D eigenvalue weighted by Gasteiger charge is 2.27. The van der Waals surface area contributed by atoms with Gasteiger partial charge in [0.2, 0.25) is 0 Å². The van der Waals surface area contributed by atoms with Gasteiger partial charge < -0.3 is 14.4 Å². The van der Waals surface area contributed by atoms with Gasteiger partial charge in [-0.2, -0.15) is 5.10 Å². The summed E-state index contributed by atoms with van der Waals surface area (Å²) in [6.07, 6.45) is 4.50. The van der Waals surface area contributed by atoms with Gasteiger partial charge in [0, 0.05) is 32.6 Å². The number of fused-ring (bicyclic) bond motifs is 2. The molecule has 0 aliphatic carbocycles. The van der Waals surface area contributed by atoms with E-state index in [4.69, 9.17) is 9.84 Å². The first-order valence-corrected chi connectivity index (χ1v) is 13.4. The van der Waals surface area contributed by atoms with Gasteiger partial charge in [-0.15, -0.1) is 0 Å². The molecule has 0 spiro atoms. The first-order chi connectivity index (χ1) is 13.7. The molecule has 1 amide bonds. The fourth-order valence-electron chi connectivity index (χ4n) is 3.51. The Balaban J connectivity index is 1.59. The van der Waals surface area contributed by atoms with Crippen molar-refractivity contribution < 1.29 is 14.6 Å². The molecule has 4 heterocycles. The SMILES string of the molecule is Cc1cn(COCC[Si](C)(C)C)c2ncnc(-n3cc4c(n3)CN(C(=O)O)C4)c12. The second-order valence-electron chi connectivity index (χ2n) is 8.71. The third-order valence-electron chi connectivity index (χ3n) is 5.12. The largest absolute Gasteiger partial charge is 0.465 e. The molecule has 29 heavy (non-hydrogen) atoms. The lowest BCUT2D eigenvalue weighted by Crippen LogP contribution is -2.23. The van der Waals surface area contributed by atoms with E-state index in [1.807, 2.05) is 23.9 Å². The molecule has 0 atom stereocenters. The van der Waals surface area contributed by atoms with Gasteiger partial charge in [0.1, 0.15) is 18.7 Å². The summed E-state index contributed by atoms with van der Waals surface area (Å²) in [5.74, 6) is 0.699. The van der Waals surface area contributed by atoms with Crippen molar-refractivity contribution in [3.05, 3.63) is 35.5 Å². The topological polar surface area (TPSA) is 98.3 Å². The number of carbonyl (C=O) groups is 1. The molecule has 1 aliphatic rings. The van der Waals surface area contributed by atoms with Gasteiger partial charge in [0.25, 0.3) is 0 Å². The summed E-state index contributed by atoms with van der Waals surface area (Å²) in [6, 6.07) is 1.12. The molecule has 9 nitrogen and oxygen atoms in total. The van der Waals surface area contributed by atoms with E-state index >= 15 is 0 Å². The van der Waals surface area contributed by atoms with E-state index in [0.29, 0.717) is 25.6 Å². The maximum Gasteiger partial charge on any atom is 0.407 e. The minimum absolute atomic E-state index is 0.302. The van der Waals surface area contributed by atoms with E-state index in [1.165, 1.54) is 11.2 Å². The minimum Gasteiger partial charge on any atom is -0.465 e. The Morgan fingerprint density at radius 1 is 1.24 bits per heavy atom. The fraction of sp³-hybridized carbons (Fsp3) is 0.474. The Labute approximate surface area is 169 Å². The van der Waals surface area contributed by atoms with Crippen molar-refractivity contribution in [2.75, 3.05) is 6.61 Å². The van der Waals surface area contributed by atoms with Gasteiger partial charge in [-0.3, -0.25) is 4.90 Å². The molecule has 0 saturated heterocycles. The van der Waals surface area contributed by atoms with E-state index in [1.54, 1.807) is 4.68 Å². The average molecular weight is 415 g/mol. The summed E-state index contributed by atoms with van der Waals surface area (Å²) < 4.78 is 9.64. The summed E-state index contributed by atoms with van der Waals surface area (Å²) >= 11 is 0. The van der Waals surface area contributed by atoms with Crippen LogP contribution in [0.25, 0.3) is 16.9 Å². The van der Waals surface area contributed by atoms with Crippen LogP contribution in [0.4, 0.5) is 4.79 Å². The number of hydrogen-bond acceptors (Lipinski definition) is 5. The molecule has 0 bridgehead atoms. The lowest BCUT2D eigenvalue weighted by molar-refractivity contribution is 0.0898. The second kappa shape index (κ2) is 7.27. The predicted molar refractivity (Wildman–Crippen MR) is 111 cm³/mol. The number of carboxylic acid groups (broad SMARTS) is 1. The molecule has 10 heteroatoms. The van der Waals surface area contributed by atoms with Crippen molar-refractivity contribution in [2.24, 2.45) is 0 Å². The Kier molecular flexibility index (Phi) is 4.91. The summed E-state index contributed by atoms with van der Waals surface area (Å²) in [7, 11) is -1.12. The van der Waals surface area contributed by atoms with Gasteiger partial charge in [0.15, 0.2) is 5.82 Å². The molecule has 3 aromatic rings. The summed E-state index contributed by atoms with van der Waals surface area (Å²) in [6.45, 7) is 10.9. The van der Waals surface area contributed by atoms with Gasteiger partial charge in [-0.25, -0.2) is 19.4 Å². The first kappa shape index (κ1) is 19.6. The van der Waals surface area contributed by atoms with Crippen LogP contribution in [-0.2, 0) is 24.6 Å². The van der Waals surface area contributed by atoms with E-state index in [0.717, 1.165) is 40.5 Å². The zero-order valence-electron chi connectivity index (χ0n) is 17.2. The van der Waals surface area contributed by atoms with Crippen molar-refractivity contribution in [1.29, 1.82) is 0 Å². The molecule has 0 unspecified atom stereocenters. The van der Waals surface area contributed by atoms with Crippen LogP contribution in [0.2, 0.25) is 25.7 Å². The lowest BCUT2D eigenvalue weighted by Gasteiger charge is -2.15. The van der Waals surface area contributed by atoms with E-state index in [-0.39, 0.29) is 0 Å². The fourth-order valence-corrected chi connectivity index (χ4v) is 4.26. The molecule has 0 fully saturated rings. The standard InChI is InChI=1S/C19H26N6O3Si/c1-13-7-24(12-28-5-6-29(2,3)4)17-16(13)18(21-11-20-17)25-9-14-8-23(19(26)27)10-15(14)22-25/h7,9,11H,5-6,8,10,12H2,1-4H3,(H,26,27). The molecule has 1 N–H and O–H groups in total. The van der Waals surface area contributed by atoms with Crippen molar-refractivity contribution in [1.82, 2.24) is 29.2 Å². The Morgan fingerprint density at radius 2 is 2.03 bits per heavy atom. The smallest absolute Gasteiger partial charge is 0.407 e. The molecule has 154 valence electrons. The van der Waals surface area contributed by atoms with Crippen LogP contribution in [0, 0.1) is 6.92 Å². The van der Waals surface area contributed by atoms with Crippen LogP contribution in [0.3, 0.4) is 0 Å². The van der Waals surface area contributed by atoms with Crippen molar-refractivity contribution >= 4 is 25.2 Å². The van der Waals surface area contributed by atoms with E-state index < -0.39 is 14.2 Å². The number of nitrogens with zero attached hydrogens (tertiary/aromatic N) is 6. The zero-order valence-corrected chi connectivity index (χ0v) is 18.2. The quantitative estimate of drug-likeness (QED) is 0.491. The summed E-state index contributed by atoms with van der Waals surface area (Å²) in [5.41, 5.74) is 3.53. The van der Waals surface area contributed by atoms with Gasteiger partial charge in [0.05, 0.1) is 24.2 Å². The van der Waals surface area contributed by atoms with Gasteiger partial charge >= 0.3 is 6.09 Å². The highest BCUT2D eigenvalue weighted by atomic mass is 28.3. The van der Waals surface area contributed by atoms with Crippen LogP contribution < -0.4 is 0 Å². The highest BCUT2D eigenvalue weighted by molar-refractivity contribution is 6.76. The lowest BCUT2D eigenvalue weighted by atomic mass is 10.2. The number of rotatable bonds is 6. The Morgan fingerprint density at radius 3 is 2.72 bits per heavy atom. The highest BCUT2D eigenvalue weighted by Crippen LogP contribution is 2.27. The molecule has 0 saturated carbocycles. The van der Waals surface area contributed by atoms with Crippen LogP contribution in [0.5, 0.6) is 0 Å². The Bertz CT molecular complexity index is 1040. The average Bonchev–Trinajstić information content (AvgIpc) is 3.30. The molecule has 1 aliphatic heterocycles. The third-order valence-corrected chi connectivity index (χ3v) is 6.82. The number of amides is 1. The predicted octanol–water partition coefficient (Wildman–Crippen LogP) is 3.23. The number of aromatic nitrogens is 5. The summed E-state index contributed by atoms with van der Waals surface area (Å²) in [4.78, 5) is 21.4. The number of hydrogen-bond donors (Lipinski definition) is 1. The maximum atomic E-state index is 11.2. The van der Waals surface area contributed by atoms with Gasteiger partial charge in [-0.1, -0.05) is 19.6 Å².